The SMILES string of the molecule is CCc1cccc(CC)c1NC(=S)Nc1cccc2cccnc12. The van der Waals surface area contributed by atoms with Crippen molar-refractivity contribution < 1.29 is 0 Å². The minimum atomic E-state index is 0.587. The molecule has 0 amide bonds. The van der Waals surface area contributed by atoms with Gasteiger partial charge in [0.25, 0.3) is 0 Å². The van der Waals surface area contributed by atoms with Crippen LogP contribution in [0.25, 0.3) is 10.9 Å². The van der Waals surface area contributed by atoms with E-state index in [2.05, 4.69) is 47.7 Å². The van der Waals surface area contributed by atoms with Crippen molar-refractivity contribution in [3.63, 3.8) is 0 Å². The van der Waals surface area contributed by atoms with Crippen LogP contribution >= 0.6 is 12.2 Å². The number of fused-ring (bicyclic) bond motifs is 1. The van der Waals surface area contributed by atoms with Gasteiger partial charge in [0.2, 0.25) is 0 Å². The minimum absolute atomic E-state index is 0.587. The van der Waals surface area contributed by atoms with Crippen LogP contribution in [0.2, 0.25) is 0 Å². The predicted molar refractivity (Wildman–Crippen MR) is 107 cm³/mol. The Morgan fingerprint density at radius 2 is 1.58 bits per heavy atom. The average molecular weight is 335 g/mol. The van der Waals surface area contributed by atoms with E-state index in [-0.39, 0.29) is 0 Å². The Morgan fingerprint density at radius 1 is 0.917 bits per heavy atom. The molecule has 0 saturated heterocycles. The van der Waals surface area contributed by atoms with Gasteiger partial charge in [0.1, 0.15) is 0 Å². The summed E-state index contributed by atoms with van der Waals surface area (Å²) in [6.07, 6.45) is 3.73. The molecule has 0 aliphatic carbocycles. The molecule has 0 aliphatic heterocycles. The van der Waals surface area contributed by atoms with E-state index in [0.717, 1.165) is 35.1 Å². The molecule has 0 aliphatic rings. The van der Waals surface area contributed by atoms with E-state index in [1.165, 1.54) is 11.1 Å². The number of pyridine rings is 1. The van der Waals surface area contributed by atoms with Crippen LogP contribution in [-0.2, 0) is 12.8 Å². The van der Waals surface area contributed by atoms with Gasteiger partial charge in [-0.25, -0.2) is 0 Å². The van der Waals surface area contributed by atoms with Crippen molar-refractivity contribution in [2.75, 3.05) is 10.6 Å². The Hall–Kier alpha value is -2.46. The molecule has 1 heterocycles. The second kappa shape index (κ2) is 7.41. The first kappa shape index (κ1) is 16.4. The zero-order chi connectivity index (χ0) is 16.9. The summed E-state index contributed by atoms with van der Waals surface area (Å²) in [4.78, 5) is 4.46. The number of nitrogens with one attached hydrogen (secondary N) is 2. The number of aryl methyl sites for hydroxylation is 2. The highest BCUT2D eigenvalue weighted by molar-refractivity contribution is 7.80. The molecule has 0 unspecified atom stereocenters. The van der Waals surface area contributed by atoms with E-state index >= 15 is 0 Å². The monoisotopic (exact) mass is 335 g/mol. The van der Waals surface area contributed by atoms with Gasteiger partial charge in [-0.2, -0.15) is 0 Å². The molecule has 2 N–H and O–H groups in total. The van der Waals surface area contributed by atoms with E-state index < -0.39 is 0 Å². The quantitative estimate of drug-likeness (QED) is 0.645. The molecule has 2 aromatic carbocycles. The molecule has 3 aromatic rings. The van der Waals surface area contributed by atoms with Crippen molar-refractivity contribution >= 4 is 39.6 Å². The van der Waals surface area contributed by atoms with Gasteiger partial charge < -0.3 is 10.6 Å². The molecule has 24 heavy (non-hydrogen) atoms. The maximum absolute atomic E-state index is 5.55. The van der Waals surface area contributed by atoms with Gasteiger partial charge >= 0.3 is 0 Å². The molecule has 0 spiro atoms. The van der Waals surface area contributed by atoms with Gasteiger partial charge in [0, 0.05) is 17.3 Å². The predicted octanol–water partition coefficient (Wildman–Crippen LogP) is 5.17. The summed E-state index contributed by atoms with van der Waals surface area (Å²) in [5.74, 6) is 0. The largest absolute Gasteiger partial charge is 0.332 e. The lowest BCUT2D eigenvalue weighted by Crippen LogP contribution is -2.21. The molecule has 0 radical (unpaired) electrons. The maximum atomic E-state index is 5.55. The topological polar surface area (TPSA) is 37.0 Å². The van der Waals surface area contributed by atoms with Crippen LogP contribution in [0.5, 0.6) is 0 Å². The molecular formula is C20H21N3S. The molecule has 122 valence electrons. The lowest BCUT2D eigenvalue weighted by Gasteiger charge is -2.17. The summed E-state index contributed by atoms with van der Waals surface area (Å²) in [7, 11) is 0. The number of para-hydroxylation sites is 2. The summed E-state index contributed by atoms with van der Waals surface area (Å²) in [6, 6.07) is 16.4. The van der Waals surface area contributed by atoms with Crippen LogP contribution in [0.1, 0.15) is 25.0 Å². The fourth-order valence-corrected chi connectivity index (χ4v) is 3.09. The molecule has 4 heteroatoms. The first-order valence-electron chi connectivity index (χ1n) is 8.25. The van der Waals surface area contributed by atoms with Crippen LogP contribution in [0.3, 0.4) is 0 Å². The van der Waals surface area contributed by atoms with Crippen LogP contribution in [0, 0.1) is 0 Å². The van der Waals surface area contributed by atoms with Crippen molar-refractivity contribution in [2.24, 2.45) is 0 Å². The zero-order valence-corrected chi connectivity index (χ0v) is 14.8. The molecule has 1 aromatic heterocycles. The highest BCUT2D eigenvalue weighted by Crippen LogP contribution is 2.24. The zero-order valence-electron chi connectivity index (χ0n) is 14.0. The second-order valence-corrected chi connectivity index (χ2v) is 6.03. The van der Waals surface area contributed by atoms with Crippen LogP contribution in [-0.4, -0.2) is 10.1 Å². The van der Waals surface area contributed by atoms with Gasteiger partial charge in [-0.1, -0.05) is 50.2 Å². The minimum Gasteiger partial charge on any atom is -0.332 e. The van der Waals surface area contributed by atoms with Gasteiger partial charge in [-0.3, -0.25) is 4.98 Å². The number of hydrogen-bond acceptors (Lipinski definition) is 2. The summed E-state index contributed by atoms with van der Waals surface area (Å²) < 4.78 is 0. The first-order chi connectivity index (χ1) is 11.7. The summed E-state index contributed by atoms with van der Waals surface area (Å²) >= 11 is 5.55. The third-order valence-corrected chi connectivity index (χ3v) is 4.32. The second-order valence-electron chi connectivity index (χ2n) is 5.62. The van der Waals surface area contributed by atoms with E-state index in [0.29, 0.717) is 5.11 Å². The van der Waals surface area contributed by atoms with Crippen molar-refractivity contribution in [1.29, 1.82) is 0 Å². The lowest BCUT2D eigenvalue weighted by molar-refractivity contribution is 1.09. The van der Waals surface area contributed by atoms with Crippen LogP contribution < -0.4 is 10.6 Å². The van der Waals surface area contributed by atoms with Gasteiger partial charge in [0.05, 0.1) is 11.2 Å². The van der Waals surface area contributed by atoms with Crippen molar-refractivity contribution in [2.45, 2.75) is 26.7 Å². The Morgan fingerprint density at radius 3 is 2.29 bits per heavy atom. The Balaban J connectivity index is 1.86. The standard InChI is InChI=1S/C20H21N3S/c1-3-14-8-5-9-15(4-2)18(14)23-20(24)22-17-12-6-10-16-11-7-13-21-19(16)17/h5-13H,3-4H2,1-2H3,(H2,22,23,24). The fraction of sp³-hybridized carbons (Fsp3) is 0.200. The Kier molecular flexibility index (Phi) is 5.06. The van der Waals surface area contributed by atoms with E-state index in [1.54, 1.807) is 6.20 Å². The van der Waals surface area contributed by atoms with Crippen LogP contribution in [0.15, 0.2) is 54.7 Å². The maximum Gasteiger partial charge on any atom is 0.175 e. The molecule has 0 bridgehead atoms. The van der Waals surface area contributed by atoms with E-state index in [4.69, 9.17) is 12.2 Å². The van der Waals surface area contributed by atoms with Crippen molar-refractivity contribution in [1.82, 2.24) is 4.98 Å². The number of aromatic nitrogens is 1. The normalized spacial score (nSPS) is 10.6. The number of rotatable bonds is 4. The lowest BCUT2D eigenvalue weighted by atomic mass is 10.0. The number of benzene rings is 2. The molecule has 0 atom stereocenters. The smallest absolute Gasteiger partial charge is 0.175 e. The van der Waals surface area contributed by atoms with Crippen LogP contribution in [0.4, 0.5) is 11.4 Å². The van der Waals surface area contributed by atoms with Crippen molar-refractivity contribution in [3.8, 4) is 0 Å². The summed E-state index contributed by atoms with van der Waals surface area (Å²) in [6.45, 7) is 4.32. The molecule has 3 nitrogen and oxygen atoms in total. The Labute approximate surface area is 148 Å². The van der Waals surface area contributed by atoms with E-state index in [9.17, 15) is 0 Å². The number of hydrogen-bond donors (Lipinski definition) is 2. The van der Waals surface area contributed by atoms with Gasteiger partial charge in [-0.15, -0.1) is 0 Å². The first-order valence-corrected chi connectivity index (χ1v) is 8.66. The number of nitrogens with zero attached hydrogens (tertiary/aromatic N) is 1. The van der Waals surface area contributed by atoms with Crippen molar-refractivity contribution in [3.05, 3.63) is 65.9 Å². The third-order valence-electron chi connectivity index (χ3n) is 4.12. The summed E-state index contributed by atoms with van der Waals surface area (Å²) in [5, 5.41) is 8.36. The number of anilines is 2. The highest BCUT2D eigenvalue weighted by Gasteiger charge is 2.09. The summed E-state index contributed by atoms with van der Waals surface area (Å²) in [5.41, 5.74) is 5.50. The van der Waals surface area contributed by atoms with Gasteiger partial charge in [0.15, 0.2) is 5.11 Å². The fourth-order valence-electron chi connectivity index (χ4n) is 2.88. The third kappa shape index (κ3) is 3.39. The molecule has 0 fully saturated rings. The van der Waals surface area contributed by atoms with Gasteiger partial charge in [-0.05, 0) is 48.3 Å². The molecule has 0 saturated carbocycles. The highest BCUT2D eigenvalue weighted by atomic mass is 32.1. The molecule has 3 rings (SSSR count). The van der Waals surface area contributed by atoms with E-state index in [1.807, 2.05) is 30.3 Å². The Bertz CT molecular complexity index is 846. The molecular weight excluding hydrogens is 314 g/mol. The average Bonchev–Trinajstić information content (AvgIpc) is 2.62. The number of thiocarbonyl (C=S) groups is 1.